The van der Waals surface area contributed by atoms with E-state index in [1.54, 1.807) is 11.3 Å². The highest BCUT2D eigenvalue weighted by Crippen LogP contribution is 2.26. The quantitative estimate of drug-likeness (QED) is 0.637. The number of hydrogen-bond donors (Lipinski definition) is 1. The van der Waals surface area contributed by atoms with Crippen LogP contribution in [0.3, 0.4) is 0 Å². The topological polar surface area (TPSA) is 25.2 Å². The third-order valence-corrected chi connectivity index (χ3v) is 4.58. The van der Waals surface area contributed by atoms with Crippen molar-refractivity contribution in [2.24, 2.45) is 0 Å². The molecule has 2 aromatic heterocycles. The first kappa shape index (κ1) is 17.1. The molecular formula is C17H17Cl2NOS. The van der Waals surface area contributed by atoms with E-state index >= 15 is 0 Å². The first-order chi connectivity index (χ1) is 10.2. The van der Waals surface area contributed by atoms with Gasteiger partial charge in [0.1, 0.15) is 11.5 Å². The Bertz CT molecular complexity index is 722. The van der Waals surface area contributed by atoms with Gasteiger partial charge >= 0.3 is 0 Å². The predicted molar refractivity (Wildman–Crippen MR) is 96.0 cm³/mol. The van der Waals surface area contributed by atoms with Gasteiger partial charge in [-0.3, -0.25) is 0 Å². The Kier molecular flexibility index (Phi) is 6.09. The highest BCUT2D eigenvalue weighted by atomic mass is 35.5. The van der Waals surface area contributed by atoms with Crippen molar-refractivity contribution < 1.29 is 4.42 Å². The van der Waals surface area contributed by atoms with Gasteiger partial charge < -0.3 is 9.73 Å². The molecule has 0 unspecified atom stereocenters. The lowest BCUT2D eigenvalue weighted by Crippen LogP contribution is -2.10. The Morgan fingerprint density at radius 3 is 2.73 bits per heavy atom. The van der Waals surface area contributed by atoms with Crippen molar-refractivity contribution in [3.63, 3.8) is 0 Å². The largest absolute Gasteiger partial charge is 0.460 e. The van der Waals surface area contributed by atoms with Crippen LogP contribution in [0.1, 0.15) is 16.2 Å². The fourth-order valence-electron chi connectivity index (χ4n) is 2.10. The Labute approximate surface area is 145 Å². The maximum absolute atomic E-state index is 6.16. The summed E-state index contributed by atoms with van der Waals surface area (Å²) in [6, 6.07) is 14.2. The first-order valence-corrected chi connectivity index (χ1v) is 8.06. The fraction of sp³-hybridized carbons (Fsp3) is 0.176. The molecule has 3 aromatic rings. The van der Waals surface area contributed by atoms with E-state index < -0.39 is 0 Å². The van der Waals surface area contributed by atoms with Crippen molar-refractivity contribution in [1.82, 2.24) is 5.32 Å². The second kappa shape index (κ2) is 7.84. The maximum atomic E-state index is 6.16. The Morgan fingerprint density at radius 2 is 2.00 bits per heavy atom. The fourth-order valence-corrected chi connectivity index (χ4v) is 2.95. The summed E-state index contributed by atoms with van der Waals surface area (Å²) >= 11 is 7.91. The summed E-state index contributed by atoms with van der Waals surface area (Å²) < 4.78 is 5.87. The molecule has 0 atom stereocenters. The van der Waals surface area contributed by atoms with Crippen LogP contribution in [0.2, 0.25) is 5.02 Å². The second-order valence-corrected chi connectivity index (χ2v) is 6.35. The molecule has 0 saturated carbocycles. The minimum absolute atomic E-state index is 0. The third-order valence-electron chi connectivity index (χ3n) is 3.30. The van der Waals surface area contributed by atoms with Crippen LogP contribution < -0.4 is 5.32 Å². The first-order valence-electron chi connectivity index (χ1n) is 6.81. The molecule has 5 heteroatoms. The third kappa shape index (κ3) is 4.14. The summed E-state index contributed by atoms with van der Waals surface area (Å²) in [4.78, 5) is 1.33. The van der Waals surface area contributed by atoms with E-state index in [1.165, 1.54) is 4.88 Å². The van der Waals surface area contributed by atoms with E-state index in [1.807, 2.05) is 37.3 Å². The summed E-state index contributed by atoms with van der Waals surface area (Å²) in [6.07, 6.45) is 0. The summed E-state index contributed by atoms with van der Waals surface area (Å²) in [5, 5.41) is 6.23. The number of hydrogen-bond acceptors (Lipinski definition) is 3. The number of thiophene rings is 1. The van der Waals surface area contributed by atoms with Crippen LogP contribution >= 0.6 is 35.3 Å². The Balaban J connectivity index is 0.00000176. The smallest absolute Gasteiger partial charge is 0.134 e. The van der Waals surface area contributed by atoms with Gasteiger partial charge in [-0.15, -0.1) is 23.7 Å². The molecule has 22 heavy (non-hydrogen) atoms. The van der Waals surface area contributed by atoms with E-state index in [0.717, 1.165) is 40.8 Å². The molecule has 116 valence electrons. The van der Waals surface area contributed by atoms with Crippen molar-refractivity contribution in [2.45, 2.75) is 20.0 Å². The van der Waals surface area contributed by atoms with Gasteiger partial charge in [0.05, 0.1) is 6.54 Å². The van der Waals surface area contributed by atoms with Gasteiger partial charge in [0.15, 0.2) is 0 Å². The van der Waals surface area contributed by atoms with Crippen molar-refractivity contribution in [1.29, 1.82) is 0 Å². The van der Waals surface area contributed by atoms with Crippen molar-refractivity contribution in [3.8, 4) is 11.3 Å². The van der Waals surface area contributed by atoms with Gasteiger partial charge in [0, 0.05) is 22.0 Å². The zero-order valence-corrected chi connectivity index (χ0v) is 14.5. The minimum Gasteiger partial charge on any atom is -0.460 e. The molecule has 0 amide bonds. The van der Waals surface area contributed by atoms with Gasteiger partial charge in [-0.25, -0.2) is 0 Å². The molecular weight excluding hydrogens is 337 g/mol. The van der Waals surface area contributed by atoms with Crippen LogP contribution in [0.5, 0.6) is 0 Å². The zero-order chi connectivity index (χ0) is 14.7. The molecule has 0 aliphatic carbocycles. The number of aryl methyl sites for hydroxylation is 1. The standard InChI is InChI=1S/C17H16ClNOS.ClH/c1-12-4-5-13(9-16(12)18)17-7-6-14(20-17)10-19-11-15-3-2-8-21-15;/h2-9,19H,10-11H2,1H3;1H. The van der Waals surface area contributed by atoms with Gasteiger partial charge in [0.25, 0.3) is 0 Å². The van der Waals surface area contributed by atoms with Crippen molar-refractivity contribution >= 4 is 35.3 Å². The molecule has 1 aromatic carbocycles. The van der Waals surface area contributed by atoms with Gasteiger partial charge in [0.2, 0.25) is 0 Å². The van der Waals surface area contributed by atoms with Crippen LogP contribution in [-0.2, 0) is 13.1 Å². The summed E-state index contributed by atoms with van der Waals surface area (Å²) in [6.45, 7) is 3.58. The minimum atomic E-state index is 0. The highest BCUT2D eigenvalue weighted by Gasteiger charge is 2.06. The molecule has 1 N–H and O–H groups in total. The van der Waals surface area contributed by atoms with Crippen LogP contribution in [-0.4, -0.2) is 0 Å². The molecule has 0 radical (unpaired) electrons. The molecule has 0 spiro atoms. The molecule has 3 rings (SSSR count). The van der Waals surface area contributed by atoms with Gasteiger partial charge in [-0.05, 0) is 42.1 Å². The lowest BCUT2D eigenvalue weighted by molar-refractivity contribution is 0.494. The van der Waals surface area contributed by atoms with Gasteiger partial charge in [-0.2, -0.15) is 0 Å². The van der Waals surface area contributed by atoms with Crippen molar-refractivity contribution in [3.05, 3.63) is 69.1 Å². The lowest BCUT2D eigenvalue weighted by Gasteiger charge is -2.02. The van der Waals surface area contributed by atoms with Crippen molar-refractivity contribution in [2.75, 3.05) is 0 Å². The monoisotopic (exact) mass is 353 g/mol. The number of rotatable bonds is 5. The van der Waals surface area contributed by atoms with E-state index in [4.69, 9.17) is 16.0 Å². The zero-order valence-electron chi connectivity index (χ0n) is 12.1. The molecule has 0 bridgehead atoms. The summed E-state index contributed by atoms with van der Waals surface area (Å²) in [5.74, 6) is 1.78. The number of furan rings is 1. The maximum Gasteiger partial charge on any atom is 0.134 e. The second-order valence-electron chi connectivity index (χ2n) is 4.91. The van der Waals surface area contributed by atoms with Gasteiger partial charge in [-0.1, -0.05) is 29.8 Å². The SMILES string of the molecule is Cc1ccc(-c2ccc(CNCc3cccs3)o2)cc1Cl.Cl. The Morgan fingerprint density at radius 1 is 1.14 bits per heavy atom. The van der Waals surface area contributed by atoms with E-state index in [2.05, 4.69) is 22.8 Å². The van der Waals surface area contributed by atoms with E-state index in [0.29, 0.717) is 0 Å². The van der Waals surface area contributed by atoms with Crippen LogP contribution in [0.15, 0.2) is 52.3 Å². The summed E-state index contributed by atoms with van der Waals surface area (Å²) in [5.41, 5.74) is 2.08. The number of benzene rings is 1. The van der Waals surface area contributed by atoms with Crippen LogP contribution in [0, 0.1) is 6.92 Å². The molecule has 0 aliphatic rings. The van der Waals surface area contributed by atoms with Crippen LogP contribution in [0.25, 0.3) is 11.3 Å². The molecule has 2 heterocycles. The average Bonchev–Trinajstić information content (AvgIpc) is 3.13. The molecule has 0 fully saturated rings. The average molecular weight is 354 g/mol. The molecule has 2 nitrogen and oxygen atoms in total. The summed E-state index contributed by atoms with van der Waals surface area (Å²) in [7, 11) is 0. The van der Waals surface area contributed by atoms with E-state index in [9.17, 15) is 0 Å². The highest BCUT2D eigenvalue weighted by molar-refractivity contribution is 7.09. The predicted octanol–water partition coefficient (Wildman–Crippen LogP) is 5.68. The molecule has 0 aliphatic heterocycles. The van der Waals surface area contributed by atoms with E-state index in [-0.39, 0.29) is 12.4 Å². The van der Waals surface area contributed by atoms with Crippen LogP contribution in [0.4, 0.5) is 0 Å². The molecule has 0 saturated heterocycles. The number of halogens is 2. The Hall–Kier alpha value is -1.26. The lowest BCUT2D eigenvalue weighted by atomic mass is 10.1. The number of nitrogens with one attached hydrogen (secondary N) is 1. The normalized spacial score (nSPS) is 10.5.